The molecule has 6 heteroatoms. The number of thioether (sulfide) groups is 1. The average molecular weight is 308 g/mol. The molecule has 2 N–H and O–H groups in total. The molecule has 0 aliphatic heterocycles. The van der Waals surface area contributed by atoms with E-state index < -0.39 is 5.60 Å². The van der Waals surface area contributed by atoms with E-state index in [1.165, 1.54) is 23.1 Å². The summed E-state index contributed by atoms with van der Waals surface area (Å²) in [6.07, 6.45) is 0. The van der Waals surface area contributed by atoms with E-state index in [0.29, 0.717) is 12.3 Å². The maximum Gasteiger partial charge on any atom is 0.316 e. The van der Waals surface area contributed by atoms with Gasteiger partial charge in [0.05, 0.1) is 15.3 Å². The van der Waals surface area contributed by atoms with Crippen molar-refractivity contribution in [3.63, 3.8) is 0 Å². The van der Waals surface area contributed by atoms with Crippen LogP contribution in [0.4, 0.5) is 0 Å². The van der Waals surface area contributed by atoms with Gasteiger partial charge in [0.25, 0.3) is 0 Å². The van der Waals surface area contributed by atoms with Crippen molar-refractivity contribution in [3.8, 4) is 0 Å². The molecular weight excluding hydrogens is 290 g/mol. The van der Waals surface area contributed by atoms with Crippen molar-refractivity contribution in [2.24, 2.45) is 5.73 Å². The van der Waals surface area contributed by atoms with Crippen molar-refractivity contribution >= 4 is 40.7 Å². The van der Waals surface area contributed by atoms with Gasteiger partial charge in [-0.15, -0.1) is 23.1 Å². The molecular formula is C12H18ClNO2S2. The molecule has 1 unspecified atom stereocenters. The number of esters is 1. The third-order valence-electron chi connectivity index (χ3n) is 1.95. The van der Waals surface area contributed by atoms with Gasteiger partial charge in [-0.3, -0.25) is 4.79 Å². The van der Waals surface area contributed by atoms with Crippen LogP contribution in [0.2, 0.25) is 4.34 Å². The molecule has 1 atom stereocenters. The summed E-state index contributed by atoms with van der Waals surface area (Å²) in [6.45, 7) is 6.05. The fourth-order valence-electron chi connectivity index (χ4n) is 1.31. The number of nitrogens with two attached hydrogens (primary N) is 1. The largest absolute Gasteiger partial charge is 0.459 e. The summed E-state index contributed by atoms with van der Waals surface area (Å²) in [5.74, 6) is 0.0860. The van der Waals surface area contributed by atoms with Crippen LogP contribution in [-0.4, -0.2) is 23.9 Å². The zero-order chi connectivity index (χ0) is 13.8. The van der Waals surface area contributed by atoms with Gasteiger partial charge < -0.3 is 10.5 Å². The van der Waals surface area contributed by atoms with Crippen LogP contribution < -0.4 is 5.73 Å². The van der Waals surface area contributed by atoms with Crippen LogP contribution in [-0.2, 0) is 9.53 Å². The van der Waals surface area contributed by atoms with Crippen molar-refractivity contribution < 1.29 is 9.53 Å². The Bertz CT molecular complexity index is 401. The van der Waals surface area contributed by atoms with Crippen molar-refractivity contribution in [2.45, 2.75) is 31.6 Å². The van der Waals surface area contributed by atoms with E-state index in [0.717, 1.165) is 9.21 Å². The van der Waals surface area contributed by atoms with Crippen LogP contribution in [0.1, 0.15) is 30.9 Å². The minimum absolute atomic E-state index is 0.0926. The van der Waals surface area contributed by atoms with Gasteiger partial charge in [-0.1, -0.05) is 11.6 Å². The van der Waals surface area contributed by atoms with Crippen LogP contribution in [0.3, 0.4) is 0 Å². The quantitative estimate of drug-likeness (QED) is 0.846. The number of carbonyl (C=O) groups is 1. The minimum Gasteiger partial charge on any atom is -0.459 e. The molecule has 18 heavy (non-hydrogen) atoms. The van der Waals surface area contributed by atoms with Crippen molar-refractivity contribution in [3.05, 3.63) is 21.3 Å². The van der Waals surface area contributed by atoms with Crippen LogP contribution >= 0.6 is 34.7 Å². The number of halogens is 1. The molecule has 0 spiro atoms. The third-order valence-corrected chi connectivity index (χ3v) is 4.69. The van der Waals surface area contributed by atoms with E-state index in [1.807, 2.05) is 32.9 Å². The highest BCUT2D eigenvalue weighted by Crippen LogP contribution is 2.34. The smallest absolute Gasteiger partial charge is 0.316 e. The summed E-state index contributed by atoms with van der Waals surface area (Å²) in [4.78, 5) is 12.7. The normalized spacial score (nSPS) is 13.4. The summed E-state index contributed by atoms with van der Waals surface area (Å²) in [6, 6.07) is 3.80. The lowest BCUT2D eigenvalue weighted by Crippen LogP contribution is -2.25. The average Bonchev–Trinajstić information content (AvgIpc) is 2.63. The second-order valence-corrected chi connectivity index (χ2v) is 7.70. The van der Waals surface area contributed by atoms with Gasteiger partial charge in [-0.05, 0) is 32.9 Å². The highest BCUT2D eigenvalue weighted by atomic mass is 35.5. The summed E-state index contributed by atoms with van der Waals surface area (Å²) < 4.78 is 5.99. The first-order valence-electron chi connectivity index (χ1n) is 5.60. The molecule has 102 valence electrons. The number of ether oxygens (including phenoxy) is 1. The number of hydrogen-bond acceptors (Lipinski definition) is 5. The van der Waals surface area contributed by atoms with E-state index in [1.54, 1.807) is 0 Å². The van der Waals surface area contributed by atoms with E-state index >= 15 is 0 Å². The lowest BCUT2D eigenvalue weighted by atomic mass is 10.2. The van der Waals surface area contributed by atoms with E-state index in [-0.39, 0.29) is 11.2 Å². The summed E-state index contributed by atoms with van der Waals surface area (Å²) in [7, 11) is 0. The Balaban J connectivity index is 2.48. The van der Waals surface area contributed by atoms with Gasteiger partial charge in [0.2, 0.25) is 0 Å². The van der Waals surface area contributed by atoms with Gasteiger partial charge in [-0.25, -0.2) is 0 Å². The van der Waals surface area contributed by atoms with Crippen molar-refractivity contribution in [2.75, 3.05) is 12.3 Å². The molecule has 0 bridgehead atoms. The zero-order valence-corrected chi connectivity index (χ0v) is 13.1. The van der Waals surface area contributed by atoms with Crippen molar-refractivity contribution in [1.82, 2.24) is 0 Å². The topological polar surface area (TPSA) is 52.3 Å². The number of thiophene rings is 1. The van der Waals surface area contributed by atoms with E-state index in [2.05, 4.69) is 0 Å². The first-order chi connectivity index (χ1) is 8.31. The maximum absolute atomic E-state index is 11.6. The molecule has 0 saturated carbocycles. The first-order valence-corrected chi connectivity index (χ1v) is 7.85. The Labute approximate surface area is 121 Å². The number of carbonyl (C=O) groups excluding carboxylic acids is 1. The van der Waals surface area contributed by atoms with Gasteiger partial charge in [0.1, 0.15) is 5.60 Å². The highest BCUT2D eigenvalue weighted by Gasteiger charge is 2.19. The first kappa shape index (κ1) is 15.8. The molecule has 0 saturated heterocycles. The molecule has 0 aliphatic rings. The Hall–Kier alpha value is -0.230. The summed E-state index contributed by atoms with van der Waals surface area (Å²) in [5.41, 5.74) is 5.28. The fourth-order valence-corrected chi connectivity index (χ4v) is 3.49. The minimum atomic E-state index is -0.442. The molecule has 1 heterocycles. The molecule has 0 radical (unpaired) electrons. The Kier molecular flexibility index (Phi) is 5.98. The van der Waals surface area contributed by atoms with Gasteiger partial charge in [-0.2, -0.15) is 0 Å². The van der Waals surface area contributed by atoms with Gasteiger partial charge in [0, 0.05) is 11.4 Å². The monoisotopic (exact) mass is 307 g/mol. The van der Waals surface area contributed by atoms with Crippen LogP contribution in [0.5, 0.6) is 0 Å². The second-order valence-electron chi connectivity index (χ2n) is 4.76. The zero-order valence-electron chi connectivity index (χ0n) is 10.7. The summed E-state index contributed by atoms with van der Waals surface area (Å²) >= 11 is 8.87. The molecule has 0 aliphatic carbocycles. The molecule has 3 nitrogen and oxygen atoms in total. The standard InChI is InChI=1S/C12H18ClNO2S2/c1-12(2,3)16-11(15)7-17-9(6-14)8-4-5-10(13)18-8/h4-5,9H,6-7,14H2,1-3H3. The molecule has 0 aromatic carbocycles. The molecule has 0 fully saturated rings. The Morgan fingerprint density at radius 1 is 1.56 bits per heavy atom. The van der Waals surface area contributed by atoms with E-state index in [4.69, 9.17) is 22.1 Å². The number of hydrogen-bond donors (Lipinski definition) is 1. The van der Waals surface area contributed by atoms with Crippen LogP contribution in [0.15, 0.2) is 12.1 Å². The fraction of sp³-hybridized carbons (Fsp3) is 0.583. The van der Waals surface area contributed by atoms with Crippen LogP contribution in [0, 0.1) is 0 Å². The maximum atomic E-state index is 11.6. The molecule has 1 rings (SSSR count). The lowest BCUT2D eigenvalue weighted by molar-refractivity contribution is -0.151. The predicted octanol–water partition coefficient (Wildman–Crippen LogP) is 3.48. The third kappa shape index (κ3) is 5.61. The lowest BCUT2D eigenvalue weighted by Gasteiger charge is -2.20. The van der Waals surface area contributed by atoms with Gasteiger partial charge in [0.15, 0.2) is 0 Å². The highest BCUT2D eigenvalue weighted by molar-refractivity contribution is 8.00. The second kappa shape index (κ2) is 6.80. The molecule has 0 amide bonds. The van der Waals surface area contributed by atoms with E-state index in [9.17, 15) is 4.79 Å². The molecule has 1 aromatic heterocycles. The molecule has 1 aromatic rings. The Morgan fingerprint density at radius 2 is 2.22 bits per heavy atom. The Morgan fingerprint density at radius 3 is 2.67 bits per heavy atom. The van der Waals surface area contributed by atoms with Crippen LogP contribution in [0.25, 0.3) is 0 Å². The van der Waals surface area contributed by atoms with Crippen molar-refractivity contribution in [1.29, 1.82) is 0 Å². The summed E-state index contributed by atoms with van der Waals surface area (Å²) in [5, 5.41) is 0.0926. The van der Waals surface area contributed by atoms with Gasteiger partial charge >= 0.3 is 5.97 Å². The number of rotatable bonds is 5. The predicted molar refractivity (Wildman–Crippen MR) is 79.4 cm³/mol. The SMILES string of the molecule is CC(C)(C)OC(=O)CSC(CN)c1ccc(Cl)s1.